The third kappa shape index (κ3) is 5.28. The van der Waals surface area contributed by atoms with Gasteiger partial charge in [0.1, 0.15) is 12.8 Å². The van der Waals surface area contributed by atoms with E-state index in [0.717, 1.165) is 11.8 Å². The average molecular weight is 434 g/mol. The number of sulfone groups is 1. The van der Waals surface area contributed by atoms with E-state index >= 15 is 0 Å². The first-order valence-electron chi connectivity index (χ1n) is 9.69. The van der Waals surface area contributed by atoms with Crippen molar-refractivity contribution in [2.45, 2.75) is 50.1 Å². The summed E-state index contributed by atoms with van der Waals surface area (Å²) in [6.45, 7) is 1.36. The molecule has 1 saturated carbocycles. The first-order chi connectivity index (χ1) is 14.2. The van der Waals surface area contributed by atoms with E-state index in [2.05, 4.69) is 17.0 Å². The SMILES string of the molecule is C[C@@](CCc1cc(C#CC2CC(F)C2)on1)(C(=O)OCc1ccccc1)S(C)(=O)=O. The Morgan fingerprint density at radius 1 is 1.33 bits per heavy atom. The number of halogens is 1. The molecule has 1 aromatic heterocycles. The van der Waals surface area contributed by atoms with Gasteiger partial charge in [-0.2, -0.15) is 0 Å². The second-order valence-electron chi connectivity index (χ2n) is 7.78. The lowest BCUT2D eigenvalue weighted by atomic mass is 9.84. The third-order valence-corrected chi connectivity index (χ3v) is 7.37. The number of ether oxygens (including phenoxy) is 1. The number of esters is 1. The number of alkyl halides is 1. The van der Waals surface area contributed by atoms with Gasteiger partial charge in [0.15, 0.2) is 14.6 Å². The van der Waals surface area contributed by atoms with Crippen LogP contribution in [0.1, 0.15) is 43.2 Å². The number of hydrogen-bond acceptors (Lipinski definition) is 6. The molecule has 0 N–H and O–H groups in total. The molecule has 1 aromatic carbocycles. The van der Waals surface area contributed by atoms with Crippen LogP contribution in [-0.4, -0.2) is 36.7 Å². The molecule has 1 heterocycles. The van der Waals surface area contributed by atoms with Crippen molar-refractivity contribution in [2.24, 2.45) is 5.92 Å². The zero-order chi connectivity index (χ0) is 21.8. The molecule has 0 bridgehead atoms. The van der Waals surface area contributed by atoms with E-state index in [9.17, 15) is 17.6 Å². The molecule has 0 unspecified atom stereocenters. The zero-order valence-corrected chi connectivity index (χ0v) is 17.7. The average Bonchev–Trinajstić information content (AvgIpc) is 3.14. The first-order valence-corrected chi connectivity index (χ1v) is 11.6. The summed E-state index contributed by atoms with van der Waals surface area (Å²) >= 11 is 0. The van der Waals surface area contributed by atoms with Gasteiger partial charge in [-0.15, -0.1) is 0 Å². The summed E-state index contributed by atoms with van der Waals surface area (Å²) in [5.74, 6) is 5.31. The number of hydrogen-bond donors (Lipinski definition) is 0. The van der Waals surface area contributed by atoms with Crippen LogP contribution in [0, 0.1) is 17.8 Å². The van der Waals surface area contributed by atoms with Gasteiger partial charge < -0.3 is 9.26 Å². The Kier molecular flexibility index (Phi) is 6.61. The molecule has 0 amide bonds. The highest BCUT2D eigenvalue weighted by Gasteiger charge is 2.45. The monoisotopic (exact) mass is 433 g/mol. The van der Waals surface area contributed by atoms with Gasteiger partial charge in [-0.25, -0.2) is 12.8 Å². The molecule has 0 spiro atoms. The Hall–Kier alpha value is -2.66. The predicted octanol–water partition coefficient (Wildman–Crippen LogP) is 3.25. The number of aromatic nitrogens is 1. The lowest BCUT2D eigenvalue weighted by Crippen LogP contribution is -2.44. The summed E-state index contributed by atoms with van der Waals surface area (Å²) in [5, 5.41) is 3.89. The topological polar surface area (TPSA) is 86.5 Å². The Bertz CT molecular complexity index is 1050. The fourth-order valence-electron chi connectivity index (χ4n) is 3.01. The van der Waals surface area contributed by atoms with Gasteiger partial charge in [0, 0.05) is 18.2 Å². The molecule has 1 aliphatic rings. The number of rotatable bonds is 7. The Balaban J connectivity index is 1.62. The van der Waals surface area contributed by atoms with Crippen LogP contribution in [0.5, 0.6) is 0 Å². The molecule has 30 heavy (non-hydrogen) atoms. The van der Waals surface area contributed by atoms with Crippen molar-refractivity contribution in [1.29, 1.82) is 0 Å². The van der Waals surface area contributed by atoms with E-state index in [1.807, 2.05) is 18.2 Å². The van der Waals surface area contributed by atoms with Crippen LogP contribution in [-0.2, 0) is 32.4 Å². The Morgan fingerprint density at radius 3 is 2.67 bits per heavy atom. The number of nitrogens with zero attached hydrogens (tertiary/aromatic N) is 1. The van der Waals surface area contributed by atoms with Crippen molar-refractivity contribution in [3.8, 4) is 11.8 Å². The van der Waals surface area contributed by atoms with E-state index in [0.29, 0.717) is 24.3 Å². The fourth-order valence-corrected chi connectivity index (χ4v) is 3.84. The van der Waals surface area contributed by atoms with Gasteiger partial charge >= 0.3 is 5.97 Å². The number of aryl methyl sites for hydroxylation is 1. The van der Waals surface area contributed by atoms with E-state index in [1.54, 1.807) is 18.2 Å². The summed E-state index contributed by atoms with van der Waals surface area (Å²) in [6, 6.07) is 10.7. The lowest BCUT2D eigenvalue weighted by Gasteiger charge is -2.25. The van der Waals surface area contributed by atoms with Gasteiger partial charge in [0.25, 0.3) is 0 Å². The zero-order valence-electron chi connectivity index (χ0n) is 16.9. The van der Waals surface area contributed by atoms with Crippen LogP contribution in [0.2, 0.25) is 0 Å². The molecular weight excluding hydrogens is 409 g/mol. The molecule has 1 atom stereocenters. The lowest BCUT2D eigenvalue weighted by molar-refractivity contribution is -0.147. The predicted molar refractivity (Wildman–Crippen MR) is 109 cm³/mol. The quantitative estimate of drug-likeness (QED) is 0.492. The van der Waals surface area contributed by atoms with E-state index in [1.165, 1.54) is 6.92 Å². The normalized spacial score (nSPS) is 20.4. The van der Waals surface area contributed by atoms with Crippen molar-refractivity contribution in [2.75, 3.05) is 6.26 Å². The number of carbonyl (C=O) groups excluding carboxylic acids is 1. The van der Waals surface area contributed by atoms with Gasteiger partial charge in [-0.1, -0.05) is 41.4 Å². The van der Waals surface area contributed by atoms with Crippen molar-refractivity contribution >= 4 is 15.8 Å². The highest BCUT2D eigenvalue weighted by atomic mass is 32.2. The number of benzene rings is 1. The first kappa shape index (κ1) is 22.0. The van der Waals surface area contributed by atoms with Gasteiger partial charge in [0.2, 0.25) is 5.76 Å². The highest BCUT2D eigenvalue weighted by molar-refractivity contribution is 7.92. The molecule has 0 saturated heterocycles. The van der Waals surface area contributed by atoms with E-state index in [4.69, 9.17) is 9.26 Å². The second kappa shape index (κ2) is 9.00. The summed E-state index contributed by atoms with van der Waals surface area (Å²) in [5.41, 5.74) is 1.26. The second-order valence-corrected chi connectivity index (χ2v) is 10.2. The van der Waals surface area contributed by atoms with Crippen LogP contribution in [0.4, 0.5) is 4.39 Å². The molecule has 6 nitrogen and oxygen atoms in total. The van der Waals surface area contributed by atoms with E-state index < -0.39 is 26.7 Å². The van der Waals surface area contributed by atoms with Crippen molar-refractivity contribution < 1.29 is 26.9 Å². The highest BCUT2D eigenvalue weighted by Crippen LogP contribution is 2.29. The summed E-state index contributed by atoms with van der Waals surface area (Å²) < 4.78 is 46.3. The molecule has 3 rings (SSSR count). The van der Waals surface area contributed by atoms with Crippen molar-refractivity contribution in [3.05, 3.63) is 53.4 Å². The van der Waals surface area contributed by atoms with Crippen LogP contribution >= 0.6 is 0 Å². The summed E-state index contributed by atoms with van der Waals surface area (Å²) in [4.78, 5) is 12.7. The molecule has 1 aliphatic carbocycles. The molecule has 0 radical (unpaired) electrons. The minimum atomic E-state index is -3.75. The molecule has 0 aliphatic heterocycles. The van der Waals surface area contributed by atoms with Gasteiger partial charge in [0.05, 0.1) is 5.69 Å². The van der Waals surface area contributed by atoms with Gasteiger partial charge in [-0.3, -0.25) is 4.79 Å². The molecule has 1 fully saturated rings. The molecule has 8 heteroatoms. The van der Waals surface area contributed by atoms with Crippen LogP contribution in [0.25, 0.3) is 0 Å². The Morgan fingerprint density at radius 2 is 2.03 bits per heavy atom. The molecule has 160 valence electrons. The van der Waals surface area contributed by atoms with Crippen LogP contribution in [0.15, 0.2) is 40.9 Å². The summed E-state index contributed by atoms with van der Waals surface area (Å²) in [7, 11) is -3.75. The molecule has 2 aromatic rings. The van der Waals surface area contributed by atoms with E-state index in [-0.39, 0.29) is 25.4 Å². The largest absolute Gasteiger partial charge is 0.460 e. The maximum atomic E-state index is 12.8. The maximum Gasteiger partial charge on any atom is 0.327 e. The Labute approximate surface area is 175 Å². The van der Waals surface area contributed by atoms with Crippen molar-refractivity contribution in [1.82, 2.24) is 5.16 Å². The number of carbonyl (C=O) groups is 1. The maximum absolute atomic E-state index is 12.8. The van der Waals surface area contributed by atoms with Crippen LogP contribution < -0.4 is 0 Å². The standard InChI is InChI=1S/C22H24FNO5S/c1-22(30(2,26)27,21(25)28-15-16-6-4-3-5-7-16)11-10-19-14-20(29-24-19)9-8-17-12-18(23)13-17/h3-7,14,17-18H,10-13,15H2,1-2H3/t17?,18?,22-/m1/s1. The minimum absolute atomic E-state index is 0.00458. The third-order valence-electron chi connectivity index (χ3n) is 5.36. The smallest absolute Gasteiger partial charge is 0.327 e. The minimum Gasteiger partial charge on any atom is -0.460 e. The fraction of sp³-hybridized carbons (Fsp3) is 0.455. The molecular formula is C22H24FNO5S. The summed E-state index contributed by atoms with van der Waals surface area (Å²) in [6.07, 6.45) is 1.31. The van der Waals surface area contributed by atoms with Crippen LogP contribution in [0.3, 0.4) is 0 Å². The van der Waals surface area contributed by atoms with Crippen molar-refractivity contribution in [3.63, 3.8) is 0 Å². The van der Waals surface area contributed by atoms with Gasteiger partial charge in [-0.05, 0) is 44.1 Å².